The van der Waals surface area contributed by atoms with Gasteiger partial charge in [-0.2, -0.15) is 0 Å². The highest BCUT2D eigenvalue weighted by Gasteiger charge is 2.85. The average Bonchev–Trinajstić information content (AvgIpc) is 3.70. The van der Waals surface area contributed by atoms with Gasteiger partial charge >= 0.3 is 0 Å². The molecule has 8 fully saturated rings. The Bertz CT molecular complexity index is 1330. The summed E-state index contributed by atoms with van der Waals surface area (Å²) in [6.07, 6.45) is -5.34. The van der Waals surface area contributed by atoms with Crippen molar-refractivity contribution in [2.45, 2.75) is 173 Å². The van der Waals surface area contributed by atoms with Gasteiger partial charge in [-0.15, -0.1) is 0 Å². The minimum Gasteiger partial charge on any atom is -0.394 e. The summed E-state index contributed by atoms with van der Waals surface area (Å²) in [7, 11) is 0. The molecule has 0 radical (unpaired) electrons. The molecular weight excluding hydrogens is 676 g/mol. The van der Waals surface area contributed by atoms with E-state index in [1.54, 1.807) is 0 Å². The summed E-state index contributed by atoms with van der Waals surface area (Å²) in [6, 6.07) is 0. The molecular formula is C39H64O13. The first-order chi connectivity index (χ1) is 24.5. The number of rotatable bonds is 7. The van der Waals surface area contributed by atoms with Crippen molar-refractivity contribution in [2.24, 2.45) is 50.7 Å². The number of aliphatic hydroxyl groups is 7. The molecule has 8 aliphatic rings. The van der Waals surface area contributed by atoms with Crippen LogP contribution in [-0.2, 0) is 28.4 Å². The van der Waals surface area contributed by atoms with Crippen LogP contribution in [0.1, 0.15) is 92.9 Å². The van der Waals surface area contributed by atoms with E-state index in [0.29, 0.717) is 18.9 Å². The predicted octanol–water partition coefficient (Wildman–Crippen LogP) is 1.44. The van der Waals surface area contributed by atoms with Crippen molar-refractivity contribution in [2.75, 3.05) is 19.8 Å². The standard InChI is InChI=1S/C39H64O13/c1-7-47-32-18(2)12-19-22(50-32)14-37(6)31-21(49-34-30(46)28(44)27(43)23(15-40)51-34)13-24-35(3,4)25(52-33-29(45)26(42)20(41)16-48-33)8-9-38(24)17-39(31,38)11-10-36(19,37)5/h18-34,40-46H,7-17H2,1-6H3/t18-,19-,20+,21+,22+,23+,24+,25+,26-,27+,28-,29+,30+,31-,32+,33-,34+,36+,37+,38-,39+/m0/s1. The zero-order valence-corrected chi connectivity index (χ0v) is 31.7. The van der Waals surface area contributed by atoms with Gasteiger partial charge in [0.2, 0.25) is 0 Å². The molecule has 13 heteroatoms. The van der Waals surface area contributed by atoms with Crippen LogP contribution in [0.2, 0.25) is 0 Å². The van der Waals surface area contributed by atoms with Gasteiger partial charge in [-0.3, -0.25) is 0 Å². The number of ether oxygens (including phenoxy) is 6. The lowest BCUT2D eigenvalue weighted by molar-refractivity contribution is -0.335. The molecule has 0 aromatic carbocycles. The molecule has 3 saturated heterocycles. The van der Waals surface area contributed by atoms with Gasteiger partial charge in [0.15, 0.2) is 18.9 Å². The predicted molar refractivity (Wildman–Crippen MR) is 183 cm³/mol. The Hall–Kier alpha value is -0.520. The fourth-order valence-electron chi connectivity index (χ4n) is 14.0. The van der Waals surface area contributed by atoms with Crippen LogP contribution in [0.5, 0.6) is 0 Å². The number of hydrogen-bond donors (Lipinski definition) is 7. The van der Waals surface area contributed by atoms with Gasteiger partial charge < -0.3 is 64.2 Å². The summed E-state index contributed by atoms with van der Waals surface area (Å²) in [4.78, 5) is 0. The molecule has 0 bridgehead atoms. The lowest BCUT2D eigenvalue weighted by Crippen LogP contribution is -2.65. The van der Waals surface area contributed by atoms with Crippen LogP contribution < -0.4 is 0 Å². The fourth-order valence-corrected chi connectivity index (χ4v) is 14.0. The average molecular weight is 741 g/mol. The molecule has 5 aliphatic carbocycles. The maximum atomic E-state index is 11.3. The normalized spacial score (nSPS) is 59.4. The number of fused-ring (bicyclic) bond motifs is 4. The van der Waals surface area contributed by atoms with Crippen molar-refractivity contribution in [1.82, 2.24) is 0 Å². The third-order valence-electron chi connectivity index (χ3n) is 16.8. The van der Waals surface area contributed by atoms with Gasteiger partial charge in [0, 0.05) is 12.5 Å². The quantitative estimate of drug-likeness (QED) is 0.186. The highest BCUT2D eigenvalue weighted by molar-refractivity contribution is 5.33. The van der Waals surface area contributed by atoms with E-state index in [9.17, 15) is 35.7 Å². The first kappa shape index (κ1) is 38.4. The van der Waals surface area contributed by atoms with E-state index in [1.165, 1.54) is 0 Å². The van der Waals surface area contributed by atoms with Crippen LogP contribution in [0.15, 0.2) is 0 Å². The van der Waals surface area contributed by atoms with E-state index in [0.717, 1.165) is 44.9 Å². The van der Waals surface area contributed by atoms with Crippen LogP contribution in [-0.4, -0.2) is 135 Å². The van der Waals surface area contributed by atoms with Crippen LogP contribution in [0, 0.1) is 50.7 Å². The minimum absolute atomic E-state index is 0.0259. The first-order valence-electron chi connectivity index (χ1n) is 20.0. The molecule has 0 unspecified atom stereocenters. The van der Waals surface area contributed by atoms with Crippen molar-refractivity contribution >= 4 is 0 Å². The maximum absolute atomic E-state index is 11.3. The molecule has 13 nitrogen and oxygen atoms in total. The smallest absolute Gasteiger partial charge is 0.186 e. The minimum atomic E-state index is -1.54. The Balaban J connectivity index is 1.15. The first-order valence-corrected chi connectivity index (χ1v) is 20.0. The maximum Gasteiger partial charge on any atom is 0.186 e. The second-order valence-electron chi connectivity index (χ2n) is 19.2. The topological polar surface area (TPSA) is 197 Å². The SMILES string of the molecule is CCO[C@@H]1O[C@@H]2C[C@]3(C)[C@@H]4[C@H](O[C@@H]5O[C@H](CO)[C@@H](O)[C@H](O)[C@H]5O)C[C@@H]5C(C)(C)[C@H](O[C@@H]6OC[C@@H](O)[C@H](O)[C@H]6O)CC[C@]56C[C@]46CC[C@]3(C)[C@H]2C[C@@H]1C. The Morgan fingerprint density at radius 1 is 0.750 bits per heavy atom. The van der Waals surface area contributed by atoms with Crippen molar-refractivity contribution in [3.63, 3.8) is 0 Å². The van der Waals surface area contributed by atoms with Gasteiger partial charge in [-0.1, -0.05) is 34.6 Å². The fraction of sp³-hybridized carbons (Fsp3) is 1.00. The van der Waals surface area contributed by atoms with Crippen molar-refractivity contribution in [1.29, 1.82) is 0 Å². The van der Waals surface area contributed by atoms with Crippen molar-refractivity contribution < 1.29 is 64.2 Å². The lowest BCUT2D eigenvalue weighted by Gasteiger charge is -2.65. The molecule has 7 N–H and O–H groups in total. The molecule has 298 valence electrons. The molecule has 8 rings (SSSR count). The van der Waals surface area contributed by atoms with Gasteiger partial charge in [-0.05, 0) is 103 Å². The highest BCUT2D eigenvalue weighted by atomic mass is 16.7. The van der Waals surface area contributed by atoms with Crippen molar-refractivity contribution in [3.05, 3.63) is 0 Å². The van der Waals surface area contributed by atoms with Gasteiger partial charge in [0.1, 0.15) is 42.7 Å². The Morgan fingerprint density at radius 2 is 1.48 bits per heavy atom. The van der Waals surface area contributed by atoms with Gasteiger partial charge in [-0.25, -0.2) is 0 Å². The van der Waals surface area contributed by atoms with Crippen LogP contribution in [0.3, 0.4) is 0 Å². The van der Waals surface area contributed by atoms with E-state index in [2.05, 4.69) is 34.6 Å². The summed E-state index contributed by atoms with van der Waals surface area (Å²) in [5, 5.41) is 73.9. The van der Waals surface area contributed by atoms with Crippen molar-refractivity contribution in [3.8, 4) is 0 Å². The van der Waals surface area contributed by atoms with E-state index >= 15 is 0 Å². The lowest BCUT2D eigenvalue weighted by atomic mass is 9.41. The van der Waals surface area contributed by atoms with E-state index < -0.39 is 73.4 Å². The summed E-state index contributed by atoms with van der Waals surface area (Å²) < 4.78 is 38.2. The van der Waals surface area contributed by atoms with Gasteiger partial charge in [0.05, 0.1) is 31.5 Å². The van der Waals surface area contributed by atoms with E-state index in [4.69, 9.17) is 28.4 Å². The number of hydrogen-bond acceptors (Lipinski definition) is 13. The molecule has 3 heterocycles. The van der Waals surface area contributed by atoms with Crippen LogP contribution in [0.4, 0.5) is 0 Å². The summed E-state index contributed by atoms with van der Waals surface area (Å²) in [5.74, 6) is 0.841. The Morgan fingerprint density at radius 3 is 2.19 bits per heavy atom. The van der Waals surface area contributed by atoms with Gasteiger partial charge in [0.25, 0.3) is 0 Å². The Labute approximate surface area is 307 Å². The monoisotopic (exact) mass is 740 g/mol. The largest absolute Gasteiger partial charge is 0.394 e. The zero-order valence-electron chi connectivity index (χ0n) is 31.7. The third-order valence-corrected chi connectivity index (χ3v) is 16.8. The molecule has 3 aliphatic heterocycles. The molecule has 5 saturated carbocycles. The van der Waals surface area contributed by atoms with Crippen LogP contribution >= 0.6 is 0 Å². The van der Waals surface area contributed by atoms with E-state index in [-0.39, 0.29) is 64.5 Å². The summed E-state index contributed by atoms with van der Waals surface area (Å²) in [5.41, 5.74) is -0.670. The molecule has 0 aromatic heterocycles. The zero-order chi connectivity index (χ0) is 37.3. The van der Waals surface area contributed by atoms with Crippen LogP contribution in [0.25, 0.3) is 0 Å². The molecule has 0 amide bonds. The van der Waals surface area contributed by atoms with E-state index in [1.807, 2.05) is 6.92 Å². The molecule has 21 atom stereocenters. The second kappa shape index (κ2) is 13.0. The molecule has 0 aromatic rings. The summed E-state index contributed by atoms with van der Waals surface area (Å²) >= 11 is 0. The summed E-state index contributed by atoms with van der Waals surface area (Å²) in [6.45, 7) is 13.5. The second-order valence-corrected chi connectivity index (χ2v) is 19.2. The molecule has 52 heavy (non-hydrogen) atoms. The Kier molecular flexibility index (Phi) is 9.59. The third kappa shape index (κ3) is 5.20. The highest BCUT2D eigenvalue weighted by Crippen LogP contribution is 2.89. The number of aliphatic hydroxyl groups excluding tert-OH is 7. The molecule has 2 spiro atoms.